The van der Waals surface area contributed by atoms with Crippen molar-refractivity contribution in [2.45, 2.75) is 69.4 Å². The number of aryl methyl sites for hydroxylation is 1. The van der Waals surface area contributed by atoms with E-state index in [0.29, 0.717) is 18.6 Å². The number of benzene rings is 3. The van der Waals surface area contributed by atoms with Crippen molar-refractivity contribution in [3.05, 3.63) is 100 Å². The van der Waals surface area contributed by atoms with Gasteiger partial charge in [-0.15, -0.1) is 0 Å². The number of aliphatic hydroxyl groups is 1. The third-order valence-corrected chi connectivity index (χ3v) is 8.14. The van der Waals surface area contributed by atoms with Crippen molar-refractivity contribution in [3.8, 4) is 5.75 Å². The normalized spacial score (nSPS) is 24.0. The van der Waals surface area contributed by atoms with E-state index in [1.54, 1.807) is 0 Å². The van der Waals surface area contributed by atoms with Gasteiger partial charge in [0.2, 0.25) is 0 Å². The lowest BCUT2D eigenvalue weighted by atomic mass is 9.87. The zero-order valence-electron chi connectivity index (χ0n) is 21.7. The van der Waals surface area contributed by atoms with Crippen molar-refractivity contribution in [2.75, 3.05) is 13.2 Å². The summed E-state index contributed by atoms with van der Waals surface area (Å²) in [6, 6.07) is 22.4. The van der Waals surface area contributed by atoms with Gasteiger partial charge >= 0.3 is 0 Å². The van der Waals surface area contributed by atoms with Gasteiger partial charge in [0, 0.05) is 31.2 Å². The van der Waals surface area contributed by atoms with E-state index in [1.165, 1.54) is 27.8 Å². The Bertz CT molecular complexity index is 1270. The molecule has 0 spiro atoms. The molecule has 38 heavy (non-hydrogen) atoms. The maximum atomic E-state index is 12.9. The summed E-state index contributed by atoms with van der Waals surface area (Å²) in [6.07, 6.45) is 5.35. The van der Waals surface area contributed by atoms with Crippen LogP contribution in [0, 0.1) is 0 Å². The van der Waals surface area contributed by atoms with Crippen molar-refractivity contribution in [1.82, 2.24) is 10.6 Å². The number of hydrogen-bond donors (Lipinski definition) is 3. The molecule has 4 atom stereocenters. The van der Waals surface area contributed by atoms with E-state index in [4.69, 9.17) is 9.47 Å². The van der Waals surface area contributed by atoms with Crippen LogP contribution < -0.4 is 15.4 Å². The van der Waals surface area contributed by atoms with E-state index in [-0.39, 0.29) is 30.2 Å². The van der Waals surface area contributed by atoms with E-state index >= 15 is 0 Å². The fraction of sp³-hybridized carbons (Fsp3) is 0.406. The lowest BCUT2D eigenvalue weighted by Gasteiger charge is -2.26. The fourth-order valence-electron chi connectivity index (χ4n) is 6.03. The van der Waals surface area contributed by atoms with Gasteiger partial charge in [-0.05, 0) is 84.2 Å². The summed E-state index contributed by atoms with van der Waals surface area (Å²) in [7, 11) is 0. The van der Waals surface area contributed by atoms with Crippen LogP contribution >= 0.6 is 0 Å². The van der Waals surface area contributed by atoms with Crippen LogP contribution in [0.3, 0.4) is 0 Å². The molecule has 3 aliphatic rings. The first-order valence-electron chi connectivity index (χ1n) is 13.9. The van der Waals surface area contributed by atoms with E-state index < -0.39 is 0 Å². The number of rotatable bonds is 8. The second-order valence-corrected chi connectivity index (χ2v) is 10.8. The second-order valence-electron chi connectivity index (χ2n) is 10.8. The lowest BCUT2D eigenvalue weighted by molar-refractivity contribution is 0.0679. The Kier molecular flexibility index (Phi) is 7.45. The molecule has 1 fully saturated rings. The molecule has 2 aliphatic carbocycles. The molecule has 0 saturated carbocycles. The Hall–Kier alpha value is -3.19. The van der Waals surface area contributed by atoms with Crippen molar-refractivity contribution >= 4 is 5.91 Å². The number of carbonyl (C=O) groups is 1. The monoisotopic (exact) mass is 512 g/mol. The predicted octanol–water partition coefficient (Wildman–Crippen LogP) is 4.28. The van der Waals surface area contributed by atoms with Gasteiger partial charge in [0.15, 0.2) is 0 Å². The zero-order valence-corrected chi connectivity index (χ0v) is 21.7. The third-order valence-electron chi connectivity index (χ3n) is 8.14. The number of ether oxygens (including phenoxy) is 2. The molecule has 6 rings (SSSR count). The molecule has 1 aliphatic heterocycles. The van der Waals surface area contributed by atoms with E-state index in [0.717, 1.165) is 51.0 Å². The van der Waals surface area contributed by atoms with Crippen LogP contribution in [0.15, 0.2) is 66.7 Å². The highest BCUT2D eigenvalue weighted by Crippen LogP contribution is 2.32. The molecule has 198 valence electrons. The standard InChI is InChI=1S/C32H36N2O4/c35-30-18-25-4-1-2-6-29(25)31(30)33-19-21-7-8-24-17-26(12-9-23(24)16-21)34-32(36)22-10-13-27(14-11-22)38-20-28-5-3-15-37-28/h1-2,4,6-8,10-11,13-14,16,26,28,30-31,33,35H,3,5,9,12,15,17-20H2,(H,34,36)/t26-,28-,30+,31-/m0/s1. The van der Waals surface area contributed by atoms with Crippen LogP contribution in [0.2, 0.25) is 0 Å². The molecule has 0 aromatic heterocycles. The quantitative estimate of drug-likeness (QED) is 0.420. The molecular formula is C32H36N2O4. The molecule has 6 nitrogen and oxygen atoms in total. The molecule has 6 heteroatoms. The lowest BCUT2D eigenvalue weighted by Crippen LogP contribution is -2.38. The average molecular weight is 513 g/mol. The largest absolute Gasteiger partial charge is 0.491 e. The van der Waals surface area contributed by atoms with Gasteiger partial charge in [0.05, 0.1) is 18.2 Å². The number of carbonyl (C=O) groups excluding carboxylic acids is 1. The summed E-state index contributed by atoms with van der Waals surface area (Å²) in [5, 5.41) is 17.3. The van der Waals surface area contributed by atoms with Crippen molar-refractivity contribution in [3.63, 3.8) is 0 Å². The van der Waals surface area contributed by atoms with E-state index in [2.05, 4.69) is 41.0 Å². The fourth-order valence-corrected chi connectivity index (χ4v) is 6.03. The molecule has 3 aromatic rings. The molecule has 1 amide bonds. The van der Waals surface area contributed by atoms with E-state index in [1.807, 2.05) is 36.4 Å². The van der Waals surface area contributed by atoms with Crippen LogP contribution in [0.1, 0.15) is 63.5 Å². The first kappa shape index (κ1) is 25.1. The number of amides is 1. The Morgan fingerprint density at radius 1 is 0.974 bits per heavy atom. The Labute approximate surface area is 224 Å². The highest BCUT2D eigenvalue weighted by Gasteiger charge is 2.30. The number of fused-ring (bicyclic) bond motifs is 2. The van der Waals surface area contributed by atoms with Crippen LogP contribution in [0.4, 0.5) is 0 Å². The van der Waals surface area contributed by atoms with Gasteiger partial charge in [-0.1, -0.05) is 42.5 Å². The smallest absolute Gasteiger partial charge is 0.251 e. The highest BCUT2D eigenvalue weighted by atomic mass is 16.5. The van der Waals surface area contributed by atoms with Crippen molar-refractivity contribution < 1.29 is 19.4 Å². The molecule has 0 bridgehead atoms. The summed E-state index contributed by atoms with van der Waals surface area (Å²) in [5.41, 5.74) is 6.97. The molecule has 1 heterocycles. The molecule has 0 radical (unpaired) electrons. The van der Waals surface area contributed by atoms with Gasteiger partial charge in [-0.3, -0.25) is 4.79 Å². The topological polar surface area (TPSA) is 79.8 Å². The summed E-state index contributed by atoms with van der Waals surface area (Å²) < 4.78 is 11.4. The molecule has 1 saturated heterocycles. The average Bonchev–Trinajstić information content (AvgIpc) is 3.58. The molecule has 3 N–H and O–H groups in total. The highest BCUT2D eigenvalue weighted by molar-refractivity contribution is 5.94. The Morgan fingerprint density at radius 3 is 2.68 bits per heavy atom. The van der Waals surface area contributed by atoms with Crippen molar-refractivity contribution in [1.29, 1.82) is 0 Å². The van der Waals surface area contributed by atoms with Crippen molar-refractivity contribution in [2.24, 2.45) is 0 Å². The van der Waals surface area contributed by atoms with Gasteiger partial charge in [0.25, 0.3) is 5.91 Å². The van der Waals surface area contributed by atoms with E-state index in [9.17, 15) is 9.90 Å². The zero-order chi connectivity index (χ0) is 25.9. The van der Waals surface area contributed by atoms with Crippen LogP contribution in [-0.2, 0) is 30.5 Å². The maximum absolute atomic E-state index is 12.9. The second kappa shape index (κ2) is 11.3. The minimum Gasteiger partial charge on any atom is -0.491 e. The first-order valence-corrected chi connectivity index (χ1v) is 13.9. The SMILES string of the molecule is O=C(N[C@H]1CCc2cc(CN[C@H]3c4ccccc4C[C@H]3O)ccc2C1)c1ccc(OC[C@@H]2CCCO2)cc1. The number of aliphatic hydroxyl groups excluding tert-OH is 1. The molecule has 3 aromatic carbocycles. The summed E-state index contributed by atoms with van der Waals surface area (Å²) >= 11 is 0. The number of nitrogens with one attached hydrogen (secondary N) is 2. The van der Waals surface area contributed by atoms with Crippen LogP contribution in [-0.4, -0.2) is 42.5 Å². The third kappa shape index (κ3) is 5.63. The van der Waals surface area contributed by atoms with Gasteiger partial charge < -0.3 is 25.2 Å². The minimum absolute atomic E-state index is 0.0243. The first-order chi connectivity index (χ1) is 18.6. The Balaban J connectivity index is 1.01. The van der Waals surface area contributed by atoms with Gasteiger partial charge in [-0.25, -0.2) is 0 Å². The van der Waals surface area contributed by atoms with Gasteiger partial charge in [-0.2, -0.15) is 0 Å². The number of hydrogen-bond acceptors (Lipinski definition) is 5. The summed E-state index contributed by atoms with van der Waals surface area (Å²) in [4.78, 5) is 12.9. The molecular weight excluding hydrogens is 476 g/mol. The summed E-state index contributed by atoms with van der Waals surface area (Å²) in [5.74, 6) is 0.723. The van der Waals surface area contributed by atoms with Gasteiger partial charge in [0.1, 0.15) is 12.4 Å². The predicted molar refractivity (Wildman–Crippen MR) is 146 cm³/mol. The van der Waals surface area contributed by atoms with Crippen LogP contribution in [0.25, 0.3) is 0 Å². The molecule has 0 unspecified atom stereocenters. The minimum atomic E-state index is -0.385. The van der Waals surface area contributed by atoms with Crippen LogP contribution in [0.5, 0.6) is 5.75 Å². The summed E-state index contributed by atoms with van der Waals surface area (Å²) in [6.45, 7) is 2.09. The Morgan fingerprint density at radius 2 is 1.84 bits per heavy atom. The maximum Gasteiger partial charge on any atom is 0.251 e.